The van der Waals surface area contributed by atoms with E-state index < -0.39 is 276 Å². The fourth-order valence-corrected chi connectivity index (χ4v) is 20.7. The highest BCUT2D eigenvalue weighted by atomic mass is 16.8. The van der Waals surface area contributed by atoms with Gasteiger partial charge in [0.2, 0.25) is 6.29 Å². The Morgan fingerprint density at radius 1 is 0.531 bits per heavy atom. The largest absolute Gasteiger partial charge is 0.459 e. The Kier molecular flexibility index (Phi) is 27.2. The van der Waals surface area contributed by atoms with Crippen molar-refractivity contribution >= 4 is 11.9 Å². The molecule has 113 heavy (non-hydrogen) atoms. The van der Waals surface area contributed by atoms with E-state index in [1.165, 1.54) is 19.9 Å². The minimum absolute atomic E-state index is 0.0369. The smallest absolute Gasteiger partial charge is 0.333 e. The van der Waals surface area contributed by atoms with Gasteiger partial charge in [0.25, 0.3) is 0 Å². The number of ether oxygens (including phenoxy) is 15. The van der Waals surface area contributed by atoms with Crippen molar-refractivity contribution in [1.29, 1.82) is 0 Å². The maximum Gasteiger partial charge on any atom is 0.333 e. The summed E-state index contributed by atoms with van der Waals surface area (Å²) in [6, 6.07) is 0. The van der Waals surface area contributed by atoms with Crippen molar-refractivity contribution in [1.82, 2.24) is 0 Å². The summed E-state index contributed by atoms with van der Waals surface area (Å²) in [5, 5.41) is 198. The van der Waals surface area contributed by atoms with Gasteiger partial charge in [-0.05, 0) is 143 Å². The summed E-state index contributed by atoms with van der Waals surface area (Å²) in [6.07, 6.45) is -40.8. The third-order valence-corrected chi connectivity index (χ3v) is 28.2. The summed E-state index contributed by atoms with van der Waals surface area (Å²) < 4.78 is 89.7. The van der Waals surface area contributed by atoms with Crippen molar-refractivity contribution in [3.63, 3.8) is 0 Å². The third-order valence-electron chi connectivity index (χ3n) is 28.2. The number of allylic oxidation sites excluding steroid dienone is 3. The summed E-state index contributed by atoms with van der Waals surface area (Å²) >= 11 is 0. The fourth-order valence-electron chi connectivity index (χ4n) is 20.7. The monoisotopic (exact) mass is 1620 g/mol. The minimum atomic E-state index is -2.06. The molecule has 7 aliphatic heterocycles. The van der Waals surface area contributed by atoms with E-state index >= 15 is 4.79 Å². The molecule has 18 N–H and O–H groups in total. The van der Waals surface area contributed by atoms with Crippen molar-refractivity contribution < 1.29 is 173 Å². The van der Waals surface area contributed by atoms with Gasteiger partial charge in [0.05, 0.1) is 56.3 Å². The van der Waals surface area contributed by atoms with Crippen LogP contribution in [0.2, 0.25) is 0 Å². The predicted octanol–water partition coefficient (Wildman–Crippen LogP) is -2.76. The molecule has 0 aromatic rings. The highest BCUT2D eigenvalue weighted by Crippen LogP contribution is 2.76. The van der Waals surface area contributed by atoms with Crippen LogP contribution in [0.15, 0.2) is 36.0 Å². The van der Waals surface area contributed by atoms with E-state index in [2.05, 4.69) is 61.1 Å². The van der Waals surface area contributed by atoms with E-state index in [0.717, 1.165) is 18.4 Å². The van der Waals surface area contributed by atoms with Crippen LogP contribution < -0.4 is 0 Å². The molecule has 646 valence electrons. The van der Waals surface area contributed by atoms with Crippen LogP contribution in [0.25, 0.3) is 0 Å². The zero-order chi connectivity index (χ0) is 82.5. The maximum atomic E-state index is 16.1. The van der Waals surface area contributed by atoms with Crippen LogP contribution in [0.4, 0.5) is 0 Å². The fraction of sp³-hybridized carbons (Fsp3) is 0.897. The van der Waals surface area contributed by atoms with Gasteiger partial charge in [0, 0.05) is 5.57 Å². The quantitative estimate of drug-likeness (QED) is 0.0226. The molecular weight excluding hydrogens is 1500 g/mol. The van der Waals surface area contributed by atoms with E-state index in [1.807, 2.05) is 0 Å². The van der Waals surface area contributed by atoms with Gasteiger partial charge in [-0.3, -0.25) is 4.79 Å². The van der Waals surface area contributed by atoms with Crippen molar-refractivity contribution in [2.75, 3.05) is 39.6 Å². The number of aliphatic hydroxyl groups is 18. The van der Waals surface area contributed by atoms with Gasteiger partial charge in [-0.15, -0.1) is 6.58 Å². The summed E-state index contributed by atoms with van der Waals surface area (Å²) in [6.45, 7) is 20.8. The highest BCUT2D eigenvalue weighted by molar-refractivity contribution is 5.87. The number of fused-ring (bicyclic) bond motifs is 7. The second-order valence-corrected chi connectivity index (χ2v) is 36.3. The van der Waals surface area contributed by atoms with Crippen molar-refractivity contribution in [2.24, 2.45) is 50.2 Å². The summed E-state index contributed by atoms with van der Waals surface area (Å²) in [7, 11) is 0. The average Bonchev–Trinajstić information content (AvgIpc) is 0.674. The van der Waals surface area contributed by atoms with Crippen molar-refractivity contribution in [3.8, 4) is 0 Å². The second kappa shape index (κ2) is 34.4. The Labute approximate surface area is 656 Å². The van der Waals surface area contributed by atoms with Gasteiger partial charge in [-0.2, -0.15) is 0 Å². The predicted molar refractivity (Wildman–Crippen MR) is 383 cm³/mol. The molecule has 7 heterocycles. The number of rotatable bonds is 22. The Morgan fingerprint density at radius 3 is 1.69 bits per heavy atom. The second-order valence-electron chi connectivity index (χ2n) is 36.3. The van der Waals surface area contributed by atoms with Crippen LogP contribution in [0, 0.1) is 50.2 Å². The van der Waals surface area contributed by atoms with Crippen LogP contribution in [0.3, 0.4) is 0 Å². The zero-order valence-electron chi connectivity index (χ0n) is 65.9. The lowest BCUT2D eigenvalue weighted by molar-refractivity contribution is -0.379. The third kappa shape index (κ3) is 17.1. The molecule has 0 amide bonds. The van der Waals surface area contributed by atoms with Crippen molar-refractivity contribution in [2.45, 2.75) is 349 Å². The lowest BCUT2D eigenvalue weighted by atomic mass is 9.33. The molecule has 0 radical (unpaired) electrons. The van der Waals surface area contributed by atoms with Gasteiger partial charge in [0.1, 0.15) is 141 Å². The van der Waals surface area contributed by atoms with Crippen LogP contribution >= 0.6 is 0 Å². The van der Waals surface area contributed by atoms with Gasteiger partial charge < -0.3 is 163 Å². The Balaban J connectivity index is 0.751. The van der Waals surface area contributed by atoms with Crippen LogP contribution in [0.5, 0.6) is 0 Å². The summed E-state index contributed by atoms with van der Waals surface area (Å²) in [5.74, 6) is -1.77. The van der Waals surface area contributed by atoms with Crippen LogP contribution in [-0.4, -0.2) is 346 Å². The molecule has 35 nitrogen and oxygen atoms in total. The lowest BCUT2D eigenvalue weighted by Crippen LogP contribution is -2.67. The first-order chi connectivity index (χ1) is 52.9. The van der Waals surface area contributed by atoms with Gasteiger partial charge >= 0.3 is 11.9 Å². The van der Waals surface area contributed by atoms with Crippen LogP contribution in [-0.2, 0) is 80.6 Å². The van der Waals surface area contributed by atoms with E-state index in [9.17, 15) is 96.7 Å². The lowest BCUT2D eigenvalue weighted by Gasteiger charge is -2.71. The average molecular weight is 1620 g/mol. The Morgan fingerprint density at radius 2 is 1.04 bits per heavy atom. The molecule has 0 unspecified atom stereocenters. The number of aliphatic hydroxyl groups excluding tert-OH is 17. The van der Waals surface area contributed by atoms with Crippen molar-refractivity contribution in [3.05, 3.63) is 36.0 Å². The first-order valence-electron chi connectivity index (χ1n) is 39.9. The molecule has 40 atom stereocenters. The first-order valence-corrected chi connectivity index (χ1v) is 39.9. The molecule has 11 fully saturated rings. The standard InChI is InChI=1S/C78H124O35/c1-12-74(8,98)19-13-14-33(2)63(96)99-31-41-50(87)52(89)62(112-67-57(94)53(90)59(34(3)105-67)109-66-58(95)60(40(82)30-102-66)110-64-54(91)46(83)37(79)27-100-64)70(107-41)113-71(97)78-24-22-72(4,5)26-36(78)35-15-16-44-75(9)20-18-45(73(6,7)43(75)17-21-77(44,11)76(35,10)23-25-78)108-68-56(93)51(88)49(86)42(106-68)32-104-69-61(48(85)39(81)29-103-69)111-65-55(92)47(84)38(80)28-101-65/h12,14-15,34,36-62,64-70,79-95,98H,1,13,16-32H2,2-11H3/b33-14-/t34-,36-,37+,38+,39+,40+,41+,42+,43-,44+,45-,46-,47-,48-,49+,50+,51-,52-,53-,54+,55+,56+,57+,58+,59-,60-,61+,62+,64-,65-,66-,67-,68-,69-,70-,74-,75+,76-,77-,78+/m0/s1. The van der Waals surface area contributed by atoms with Gasteiger partial charge in [-0.25, -0.2) is 4.79 Å². The summed E-state index contributed by atoms with van der Waals surface area (Å²) in [5.41, 5.74) is -3.12. The molecule has 7 saturated heterocycles. The molecular formula is C78H124O35. The SMILES string of the molecule is C=C[C@](C)(O)CC/C=C(/C)C(=O)OC[C@H]1O[C@@H](OC(=O)[C@@]23CCC(C)(C)C[C@H]2C2=CC[C@@H]4[C@]5(C)CC[C@H](O[C@@H]6O[C@H](CO[C@@H]7OC[C@@H](O)[C@H](O)[C@H]7O[C@@H]7OC[C@@H](O)[C@H](O)[C@H]7O)[C@@H](O)[C@H](O)[C@H]6O)C(C)(C)[C@@H]5CC[C@]4(C)[C@@]2(C)CC3)[C@H](O[C@@H]2O[C@@H](C)[C@H](O[C@@H]3OC[C@@H](O)[C@H](O[C@@H]4OC[C@@H](O)[C@H](O)[C@H]4O)[C@H]3O)[C@@H](O)[C@H]2O)[C@@H](O)[C@@H]1O. The number of hydrogen-bond donors (Lipinski definition) is 18. The highest BCUT2D eigenvalue weighted by Gasteiger charge is 2.71. The molecule has 5 aliphatic carbocycles. The minimum Gasteiger partial charge on any atom is -0.459 e. The van der Waals surface area contributed by atoms with E-state index in [1.54, 1.807) is 13.0 Å². The number of carbonyl (C=O) groups is 2. The van der Waals surface area contributed by atoms with E-state index in [-0.39, 0.29) is 46.5 Å². The molecule has 0 aromatic heterocycles. The molecule has 12 aliphatic rings. The van der Waals surface area contributed by atoms with Gasteiger partial charge in [-0.1, -0.05) is 72.3 Å². The molecule has 35 heteroatoms. The normalized spacial score (nSPS) is 50.6. The van der Waals surface area contributed by atoms with Crippen LogP contribution in [0.1, 0.15) is 146 Å². The Hall–Kier alpha value is -3.08. The van der Waals surface area contributed by atoms with E-state index in [4.69, 9.17) is 71.1 Å². The molecule has 0 spiro atoms. The summed E-state index contributed by atoms with van der Waals surface area (Å²) in [4.78, 5) is 29.6. The first kappa shape index (κ1) is 89.2. The molecule has 4 saturated carbocycles. The molecule has 0 bridgehead atoms. The van der Waals surface area contributed by atoms with E-state index in [0.29, 0.717) is 51.4 Å². The number of carbonyl (C=O) groups excluding carboxylic acids is 2. The topological polar surface area (TPSA) is 537 Å². The Bertz CT molecular complexity index is 3330. The maximum absolute atomic E-state index is 16.1. The number of esters is 2. The number of hydrogen-bond acceptors (Lipinski definition) is 35. The zero-order valence-corrected chi connectivity index (χ0v) is 65.9. The molecule has 0 aromatic carbocycles. The molecule has 12 rings (SSSR count). The van der Waals surface area contributed by atoms with Gasteiger partial charge in [0.15, 0.2) is 43.8 Å².